The lowest BCUT2D eigenvalue weighted by Gasteiger charge is -2.26. The quantitative estimate of drug-likeness (QED) is 0.859. The van der Waals surface area contributed by atoms with Gasteiger partial charge in [-0.05, 0) is 31.5 Å². The molecule has 0 heterocycles. The van der Waals surface area contributed by atoms with E-state index in [1.54, 1.807) is 7.11 Å². The summed E-state index contributed by atoms with van der Waals surface area (Å²) in [6.07, 6.45) is 0. The van der Waals surface area contributed by atoms with Crippen molar-refractivity contribution in [3.63, 3.8) is 0 Å². The third-order valence-electron chi connectivity index (χ3n) is 2.98. The first-order valence-electron chi connectivity index (χ1n) is 6.54. The molecule has 0 saturated carbocycles. The predicted molar refractivity (Wildman–Crippen MR) is 77.7 cm³/mol. The minimum absolute atomic E-state index is 0.124. The van der Waals surface area contributed by atoms with E-state index in [0.29, 0.717) is 6.54 Å². The number of rotatable bonds is 5. The highest BCUT2D eigenvalue weighted by molar-refractivity contribution is 5.74. The summed E-state index contributed by atoms with van der Waals surface area (Å²) in [5.41, 5.74) is 1.04. The normalized spacial score (nSPS) is 11.3. The summed E-state index contributed by atoms with van der Waals surface area (Å²) >= 11 is 0. The Kier molecular flexibility index (Phi) is 5.21. The first-order chi connectivity index (χ1) is 8.85. The number of hydrogen-bond donors (Lipinski definition) is 2. The van der Waals surface area contributed by atoms with E-state index < -0.39 is 0 Å². The molecule has 19 heavy (non-hydrogen) atoms. The number of methoxy groups -OCH3 is 1. The SMILES string of the molecule is COc1ccc(C(C)(C)CNC(=O)NC(C)C)cc1. The predicted octanol–water partition coefficient (Wildman–Crippen LogP) is 2.68. The summed E-state index contributed by atoms with van der Waals surface area (Å²) in [5.74, 6) is 0.838. The smallest absolute Gasteiger partial charge is 0.315 e. The molecule has 0 bridgehead atoms. The van der Waals surface area contributed by atoms with E-state index in [-0.39, 0.29) is 17.5 Å². The molecule has 1 rings (SSSR count). The molecule has 2 amide bonds. The van der Waals surface area contributed by atoms with Gasteiger partial charge in [-0.3, -0.25) is 0 Å². The monoisotopic (exact) mass is 264 g/mol. The fourth-order valence-corrected chi connectivity index (χ4v) is 1.76. The Bertz CT molecular complexity index is 411. The van der Waals surface area contributed by atoms with Crippen molar-refractivity contribution in [1.29, 1.82) is 0 Å². The number of carbonyl (C=O) groups excluding carboxylic acids is 1. The molecule has 106 valence electrons. The number of nitrogens with one attached hydrogen (secondary N) is 2. The van der Waals surface area contributed by atoms with Gasteiger partial charge in [0.15, 0.2) is 0 Å². The lowest BCUT2D eigenvalue weighted by molar-refractivity contribution is 0.236. The van der Waals surface area contributed by atoms with Gasteiger partial charge in [0, 0.05) is 18.0 Å². The summed E-state index contributed by atoms with van der Waals surface area (Å²) in [7, 11) is 1.65. The minimum atomic E-state index is -0.128. The Morgan fingerprint density at radius 2 is 1.84 bits per heavy atom. The van der Waals surface area contributed by atoms with Crippen molar-refractivity contribution in [3.05, 3.63) is 29.8 Å². The van der Waals surface area contributed by atoms with Crippen LogP contribution in [-0.4, -0.2) is 25.7 Å². The van der Waals surface area contributed by atoms with Crippen molar-refractivity contribution in [2.45, 2.75) is 39.2 Å². The highest BCUT2D eigenvalue weighted by atomic mass is 16.5. The molecule has 0 atom stereocenters. The van der Waals surface area contributed by atoms with Crippen LogP contribution >= 0.6 is 0 Å². The van der Waals surface area contributed by atoms with Gasteiger partial charge < -0.3 is 15.4 Å². The van der Waals surface area contributed by atoms with Crippen molar-refractivity contribution in [2.24, 2.45) is 0 Å². The maximum atomic E-state index is 11.6. The van der Waals surface area contributed by atoms with Crippen LogP contribution in [0.25, 0.3) is 0 Å². The van der Waals surface area contributed by atoms with Gasteiger partial charge in [0.2, 0.25) is 0 Å². The van der Waals surface area contributed by atoms with E-state index in [4.69, 9.17) is 4.74 Å². The number of carbonyl (C=O) groups is 1. The lowest BCUT2D eigenvalue weighted by Crippen LogP contribution is -2.44. The molecule has 1 aromatic carbocycles. The van der Waals surface area contributed by atoms with Gasteiger partial charge in [0.25, 0.3) is 0 Å². The van der Waals surface area contributed by atoms with Crippen LogP contribution in [0.4, 0.5) is 4.79 Å². The Morgan fingerprint density at radius 3 is 2.32 bits per heavy atom. The Hall–Kier alpha value is -1.71. The van der Waals surface area contributed by atoms with Crippen molar-refractivity contribution in [1.82, 2.24) is 10.6 Å². The molecule has 1 aromatic rings. The van der Waals surface area contributed by atoms with Gasteiger partial charge >= 0.3 is 6.03 Å². The van der Waals surface area contributed by atoms with Crippen LogP contribution in [0.2, 0.25) is 0 Å². The molecule has 0 aliphatic rings. The first-order valence-corrected chi connectivity index (χ1v) is 6.54. The molecule has 4 nitrogen and oxygen atoms in total. The Morgan fingerprint density at radius 1 is 1.26 bits per heavy atom. The second kappa shape index (κ2) is 6.45. The van der Waals surface area contributed by atoms with Crippen LogP contribution in [0, 0.1) is 0 Å². The highest BCUT2D eigenvalue weighted by Gasteiger charge is 2.21. The topological polar surface area (TPSA) is 50.4 Å². The van der Waals surface area contributed by atoms with Crippen LogP contribution in [-0.2, 0) is 5.41 Å². The maximum Gasteiger partial charge on any atom is 0.315 e. The fourth-order valence-electron chi connectivity index (χ4n) is 1.76. The molecular formula is C15H24N2O2. The molecule has 0 unspecified atom stereocenters. The summed E-state index contributed by atoms with van der Waals surface area (Å²) in [5, 5.41) is 5.72. The average Bonchev–Trinajstić information content (AvgIpc) is 2.36. The lowest BCUT2D eigenvalue weighted by atomic mass is 9.84. The summed E-state index contributed by atoms with van der Waals surface area (Å²) < 4.78 is 5.14. The van der Waals surface area contributed by atoms with Crippen LogP contribution in [0.15, 0.2) is 24.3 Å². The summed E-state index contributed by atoms with van der Waals surface area (Å²) in [6.45, 7) is 8.66. The van der Waals surface area contributed by atoms with Gasteiger partial charge in [0.1, 0.15) is 5.75 Å². The van der Waals surface area contributed by atoms with Crippen LogP contribution < -0.4 is 15.4 Å². The molecule has 0 saturated heterocycles. The third-order valence-corrected chi connectivity index (χ3v) is 2.98. The second-order valence-corrected chi connectivity index (χ2v) is 5.59. The molecule has 0 radical (unpaired) electrons. The zero-order valence-corrected chi connectivity index (χ0v) is 12.4. The molecule has 0 aliphatic heterocycles. The standard InChI is InChI=1S/C15H24N2O2/c1-11(2)17-14(18)16-10-15(3,4)12-6-8-13(19-5)9-7-12/h6-9,11H,10H2,1-5H3,(H2,16,17,18). The molecule has 0 spiro atoms. The second-order valence-electron chi connectivity index (χ2n) is 5.59. The van der Waals surface area contributed by atoms with E-state index >= 15 is 0 Å². The summed E-state index contributed by atoms with van der Waals surface area (Å²) in [6, 6.07) is 7.94. The third kappa shape index (κ3) is 4.81. The number of ether oxygens (including phenoxy) is 1. The summed E-state index contributed by atoms with van der Waals surface area (Å²) in [4.78, 5) is 11.6. The van der Waals surface area contributed by atoms with Crippen molar-refractivity contribution in [2.75, 3.05) is 13.7 Å². The minimum Gasteiger partial charge on any atom is -0.497 e. The first kappa shape index (κ1) is 15.3. The van der Waals surface area contributed by atoms with Crippen LogP contribution in [0.1, 0.15) is 33.3 Å². The maximum absolute atomic E-state index is 11.6. The number of hydrogen-bond acceptors (Lipinski definition) is 2. The van der Waals surface area contributed by atoms with E-state index in [0.717, 1.165) is 11.3 Å². The van der Waals surface area contributed by atoms with Gasteiger partial charge in [-0.15, -0.1) is 0 Å². The Labute approximate surface area is 115 Å². The Balaban J connectivity index is 2.61. The molecular weight excluding hydrogens is 240 g/mol. The number of urea groups is 1. The average molecular weight is 264 g/mol. The van der Waals surface area contributed by atoms with Crippen molar-refractivity contribution in [3.8, 4) is 5.75 Å². The molecule has 2 N–H and O–H groups in total. The number of benzene rings is 1. The van der Waals surface area contributed by atoms with Gasteiger partial charge in [-0.25, -0.2) is 4.79 Å². The molecule has 0 aliphatic carbocycles. The molecule has 0 fully saturated rings. The van der Waals surface area contributed by atoms with Gasteiger partial charge in [-0.1, -0.05) is 26.0 Å². The molecule has 0 aromatic heterocycles. The van der Waals surface area contributed by atoms with Crippen molar-refractivity contribution < 1.29 is 9.53 Å². The van der Waals surface area contributed by atoms with E-state index in [1.807, 2.05) is 38.1 Å². The van der Waals surface area contributed by atoms with Crippen LogP contribution in [0.3, 0.4) is 0 Å². The largest absolute Gasteiger partial charge is 0.497 e. The van der Waals surface area contributed by atoms with E-state index in [9.17, 15) is 4.79 Å². The molecule has 4 heteroatoms. The zero-order chi connectivity index (χ0) is 14.5. The van der Waals surface area contributed by atoms with Gasteiger partial charge in [-0.2, -0.15) is 0 Å². The van der Waals surface area contributed by atoms with Gasteiger partial charge in [0.05, 0.1) is 7.11 Å². The van der Waals surface area contributed by atoms with E-state index in [2.05, 4.69) is 24.5 Å². The van der Waals surface area contributed by atoms with E-state index in [1.165, 1.54) is 0 Å². The zero-order valence-electron chi connectivity index (χ0n) is 12.4. The number of amides is 2. The van der Waals surface area contributed by atoms with Crippen molar-refractivity contribution >= 4 is 6.03 Å². The van der Waals surface area contributed by atoms with Crippen LogP contribution in [0.5, 0.6) is 5.75 Å². The highest BCUT2D eigenvalue weighted by Crippen LogP contribution is 2.24. The fraction of sp³-hybridized carbons (Fsp3) is 0.533.